The van der Waals surface area contributed by atoms with Crippen molar-refractivity contribution in [2.24, 2.45) is 11.8 Å². The highest BCUT2D eigenvalue weighted by atomic mass is 32.1. The molecule has 0 saturated heterocycles. The van der Waals surface area contributed by atoms with Gasteiger partial charge in [0.2, 0.25) is 5.91 Å². The maximum absolute atomic E-state index is 12.6. The number of carboxylic acids is 1. The summed E-state index contributed by atoms with van der Waals surface area (Å²) in [5.41, 5.74) is 0.399. The van der Waals surface area contributed by atoms with E-state index in [1.54, 1.807) is 6.92 Å². The standard InChI is InChI=1S/C17H21NO7S/c1-8-11(16(22)24-2)14(26-12(8)17(23)25-3)18-13(19)9-6-4-5-7-10(9)15(20)21/h9-10H,4-7H2,1-3H3,(H,18,19)(H,20,21)/p-1/t9-,10-/m1/s1. The van der Waals surface area contributed by atoms with Gasteiger partial charge in [-0.2, -0.15) is 0 Å². The zero-order valence-electron chi connectivity index (χ0n) is 14.7. The third kappa shape index (κ3) is 3.87. The van der Waals surface area contributed by atoms with Gasteiger partial charge in [-0.25, -0.2) is 9.59 Å². The van der Waals surface area contributed by atoms with Crippen molar-refractivity contribution in [1.82, 2.24) is 0 Å². The van der Waals surface area contributed by atoms with E-state index in [1.807, 2.05) is 0 Å². The number of anilines is 1. The number of esters is 2. The molecule has 0 unspecified atom stereocenters. The van der Waals surface area contributed by atoms with Crippen LogP contribution in [0.4, 0.5) is 5.00 Å². The molecular weight excluding hydrogens is 362 g/mol. The van der Waals surface area contributed by atoms with Crippen molar-refractivity contribution in [3.63, 3.8) is 0 Å². The van der Waals surface area contributed by atoms with Gasteiger partial charge in [0.15, 0.2) is 0 Å². The van der Waals surface area contributed by atoms with Crippen LogP contribution in [0.3, 0.4) is 0 Å². The number of amides is 1. The average Bonchev–Trinajstić information content (AvgIpc) is 2.96. The number of aliphatic carboxylic acids is 1. The van der Waals surface area contributed by atoms with Crippen LogP contribution in [-0.2, 0) is 19.1 Å². The Bertz CT molecular complexity index is 740. The lowest BCUT2D eigenvalue weighted by molar-refractivity contribution is -0.313. The van der Waals surface area contributed by atoms with Crippen molar-refractivity contribution in [3.05, 3.63) is 16.0 Å². The van der Waals surface area contributed by atoms with E-state index in [2.05, 4.69) is 10.1 Å². The van der Waals surface area contributed by atoms with E-state index in [1.165, 1.54) is 14.2 Å². The van der Waals surface area contributed by atoms with Crippen LogP contribution in [0, 0.1) is 18.8 Å². The van der Waals surface area contributed by atoms with Crippen molar-refractivity contribution >= 4 is 40.2 Å². The van der Waals surface area contributed by atoms with Gasteiger partial charge >= 0.3 is 11.9 Å². The van der Waals surface area contributed by atoms with Crippen LogP contribution < -0.4 is 10.4 Å². The molecule has 26 heavy (non-hydrogen) atoms. The Morgan fingerprint density at radius 1 is 1.04 bits per heavy atom. The molecule has 2 atom stereocenters. The molecule has 0 aliphatic heterocycles. The van der Waals surface area contributed by atoms with Crippen molar-refractivity contribution in [2.45, 2.75) is 32.6 Å². The second kappa shape index (κ2) is 8.31. The molecule has 1 aliphatic carbocycles. The smallest absolute Gasteiger partial charge is 0.348 e. The van der Waals surface area contributed by atoms with Gasteiger partial charge in [-0.1, -0.05) is 12.8 Å². The summed E-state index contributed by atoms with van der Waals surface area (Å²) in [7, 11) is 2.40. The maximum Gasteiger partial charge on any atom is 0.348 e. The summed E-state index contributed by atoms with van der Waals surface area (Å²) in [4.78, 5) is 48.1. The summed E-state index contributed by atoms with van der Waals surface area (Å²) >= 11 is 0.894. The minimum absolute atomic E-state index is 0.0621. The summed E-state index contributed by atoms with van der Waals surface area (Å²) < 4.78 is 9.42. The number of nitrogens with one attached hydrogen (secondary N) is 1. The van der Waals surface area contributed by atoms with E-state index in [0.29, 0.717) is 18.4 Å². The lowest BCUT2D eigenvalue weighted by atomic mass is 9.79. The molecule has 0 radical (unpaired) electrons. The molecule has 1 aromatic rings. The molecule has 1 fully saturated rings. The molecule has 8 nitrogen and oxygen atoms in total. The zero-order valence-corrected chi connectivity index (χ0v) is 15.6. The number of carboxylic acid groups (broad SMARTS) is 1. The molecule has 142 valence electrons. The molecule has 1 N–H and O–H groups in total. The number of hydrogen-bond donors (Lipinski definition) is 1. The Balaban J connectivity index is 2.35. The number of methoxy groups -OCH3 is 2. The fourth-order valence-electron chi connectivity index (χ4n) is 3.17. The lowest BCUT2D eigenvalue weighted by Gasteiger charge is -2.31. The number of rotatable bonds is 5. The number of carbonyl (C=O) groups is 4. The van der Waals surface area contributed by atoms with Crippen molar-refractivity contribution < 1.29 is 33.8 Å². The van der Waals surface area contributed by atoms with Crippen LogP contribution in [0.25, 0.3) is 0 Å². The summed E-state index contributed by atoms with van der Waals surface area (Å²) in [6.45, 7) is 1.55. The first kappa shape index (κ1) is 19.9. The van der Waals surface area contributed by atoms with E-state index in [4.69, 9.17) is 4.74 Å². The van der Waals surface area contributed by atoms with Gasteiger partial charge in [0, 0.05) is 17.8 Å². The minimum atomic E-state index is -1.25. The van der Waals surface area contributed by atoms with Crippen LogP contribution in [0.5, 0.6) is 0 Å². The van der Waals surface area contributed by atoms with Gasteiger partial charge < -0.3 is 24.7 Å². The average molecular weight is 382 g/mol. The molecule has 1 aliphatic rings. The van der Waals surface area contributed by atoms with Gasteiger partial charge in [-0.15, -0.1) is 11.3 Å². The molecule has 0 spiro atoms. The fraction of sp³-hybridized carbons (Fsp3) is 0.529. The predicted octanol–water partition coefficient (Wildman–Crippen LogP) is 1.12. The number of ether oxygens (including phenoxy) is 2. The van der Waals surface area contributed by atoms with Gasteiger partial charge in [-0.3, -0.25) is 4.79 Å². The van der Waals surface area contributed by atoms with E-state index < -0.39 is 35.7 Å². The summed E-state index contributed by atoms with van der Waals surface area (Å²) in [5, 5.41) is 14.0. The van der Waals surface area contributed by atoms with E-state index >= 15 is 0 Å². The fourth-order valence-corrected chi connectivity index (χ4v) is 4.28. The first-order valence-corrected chi connectivity index (χ1v) is 8.95. The highest BCUT2D eigenvalue weighted by molar-refractivity contribution is 7.18. The van der Waals surface area contributed by atoms with Gasteiger partial charge in [-0.05, 0) is 25.3 Å². The molecule has 0 aromatic carbocycles. The third-order valence-electron chi connectivity index (χ3n) is 4.55. The van der Waals surface area contributed by atoms with Crippen molar-refractivity contribution in [3.8, 4) is 0 Å². The molecule has 1 heterocycles. The van der Waals surface area contributed by atoms with Crippen molar-refractivity contribution in [2.75, 3.05) is 19.5 Å². The topological polar surface area (TPSA) is 122 Å². The molecular formula is C17H20NO7S-. The SMILES string of the molecule is COC(=O)c1sc(NC(=O)[C@@H]2CCCC[C@H]2C(=O)[O-])c(C(=O)OC)c1C. The van der Waals surface area contributed by atoms with Gasteiger partial charge in [0.25, 0.3) is 0 Å². The van der Waals surface area contributed by atoms with E-state index in [-0.39, 0.29) is 15.4 Å². The molecule has 2 rings (SSSR count). The second-order valence-electron chi connectivity index (χ2n) is 6.05. The highest BCUT2D eigenvalue weighted by Gasteiger charge is 2.34. The first-order chi connectivity index (χ1) is 12.3. The van der Waals surface area contributed by atoms with Crippen LogP contribution in [0.15, 0.2) is 0 Å². The van der Waals surface area contributed by atoms with Crippen molar-refractivity contribution in [1.29, 1.82) is 0 Å². The Hall–Kier alpha value is -2.42. The first-order valence-electron chi connectivity index (χ1n) is 8.13. The Morgan fingerprint density at radius 3 is 2.15 bits per heavy atom. The number of thiophene rings is 1. The van der Waals surface area contributed by atoms with Crippen LogP contribution >= 0.6 is 11.3 Å². The van der Waals surface area contributed by atoms with E-state index in [0.717, 1.165) is 24.2 Å². The number of carbonyl (C=O) groups excluding carboxylic acids is 4. The second-order valence-corrected chi connectivity index (χ2v) is 7.07. The quantitative estimate of drug-likeness (QED) is 0.757. The number of hydrogen-bond acceptors (Lipinski definition) is 8. The highest BCUT2D eigenvalue weighted by Crippen LogP contribution is 2.36. The molecule has 1 aromatic heterocycles. The molecule has 0 bridgehead atoms. The summed E-state index contributed by atoms with van der Waals surface area (Å²) in [5.74, 6) is -4.72. The van der Waals surface area contributed by atoms with Gasteiger partial charge in [0.1, 0.15) is 9.88 Å². The molecule has 9 heteroatoms. The zero-order chi connectivity index (χ0) is 19.4. The summed E-state index contributed by atoms with van der Waals surface area (Å²) in [6.07, 6.45) is 2.26. The van der Waals surface area contributed by atoms with Gasteiger partial charge in [0.05, 0.1) is 19.8 Å². The normalized spacial score (nSPS) is 19.5. The molecule has 1 amide bonds. The lowest BCUT2D eigenvalue weighted by Crippen LogP contribution is -2.42. The summed E-state index contributed by atoms with van der Waals surface area (Å²) in [6, 6.07) is 0. The Morgan fingerprint density at radius 2 is 1.62 bits per heavy atom. The monoisotopic (exact) mass is 382 g/mol. The van der Waals surface area contributed by atoms with Crippen LogP contribution in [0.1, 0.15) is 51.3 Å². The largest absolute Gasteiger partial charge is 0.550 e. The third-order valence-corrected chi connectivity index (χ3v) is 5.74. The van der Waals surface area contributed by atoms with Crippen LogP contribution in [-0.4, -0.2) is 38.0 Å². The Labute approximate surface area is 154 Å². The minimum Gasteiger partial charge on any atom is -0.550 e. The Kier molecular flexibility index (Phi) is 6.36. The van der Waals surface area contributed by atoms with Crippen LogP contribution in [0.2, 0.25) is 0 Å². The van der Waals surface area contributed by atoms with E-state index in [9.17, 15) is 24.3 Å². The predicted molar refractivity (Wildman–Crippen MR) is 90.8 cm³/mol. The maximum atomic E-state index is 12.6. The molecule has 1 saturated carbocycles.